The van der Waals surface area contributed by atoms with Gasteiger partial charge in [-0.05, 0) is 49.4 Å². The first-order valence-corrected chi connectivity index (χ1v) is 10.4. The molecule has 3 aromatic rings. The molecule has 1 aliphatic heterocycles. The molecule has 0 amide bonds. The summed E-state index contributed by atoms with van der Waals surface area (Å²) in [4.78, 5) is 5.03. The van der Waals surface area contributed by atoms with E-state index in [0.29, 0.717) is 23.9 Å². The molecular formula is C20H23N3O2S. The molecule has 2 aromatic heterocycles. The molecule has 0 aliphatic carbocycles. The van der Waals surface area contributed by atoms with Crippen LogP contribution in [0, 0.1) is 12.8 Å². The van der Waals surface area contributed by atoms with Crippen molar-refractivity contribution in [2.24, 2.45) is 5.92 Å². The van der Waals surface area contributed by atoms with Gasteiger partial charge in [0.25, 0.3) is 0 Å². The van der Waals surface area contributed by atoms with Crippen LogP contribution in [0.25, 0.3) is 16.9 Å². The van der Waals surface area contributed by atoms with E-state index in [1.54, 1.807) is 22.5 Å². The normalized spacial score (nSPS) is 17.0. The van der Waals surface area contributed by atoms with Crippen LogP contribution in [0.5, 0.6) is 0 Å². The molecule has 136 valence electrons. The van der Waals surface area contributed by atoms with E-state index in [-0.39, 0.29) is 0 Å². The Morgan fingerprint density at radius 1 is 1.12 bits per heavy atom. The molecule has 0 bridgehead atoms. The Morgan fingerprint density at radius 2 is 1.88 bits per heavy atom. The van der Waals surface area contributed by atoms with Crippen molar-refractivity contribution in [3.05, 3.63) is 54.4 Å². The summed E-state index contributed by atoms with van der Waals surface area (Å²) in [5.41, 5.74) is 3.58. The van der Waals surface area contributed by atoms with Crippen molar-refractivity contribution in [2.75, 3.05) is 13.1 Å². The Morgan fingerprint density at radius 3 is 2.62 bits per heavy atom. The summed E-state index contributed by atoms with van der Waals surface area (Å²) in [5, 5.41) is 0. The molecule has 0 radical (unpaired) electrons. The lowest BCUT2D eigenvalue weighted by molar-refractivity contribution is 0.288. The van der Waals surface area contributed by atoms with Crippen molar-refractivity contribution >= 4 is 15.7 Å². The quantitative estimate of drug-likeness (QED) is 0.707. The van der Waals surface area contributed by atoms with Gasteiger partial charge < -0.3 is 4.40 Å². The number of hydrogen-bond donors (Lipinski definition) is 0. The third-order valence-corrected chi connectivity index (χ3v) is 7.08. The average Bonchev–Trinajstić information content (AvgIpc) is 3.08. The second-order valence-corrected chi connectivity index (χ2v) is 9.10. The first-order chi connectivity index (χ1) is 12.4. The number of piperidine rings is 1. The van der Waals surface area contributed by atoms with E-state index in [2.05, 4.69) is 11.9 Å². The van der Waals surface area contributed by atoms with Crippen LogP contribution in [0.3, 0.4) is 0 Å². The highest BCUT2D eigenvalue weighted by molar-refractivity contribution is 7.89. The number of nitrogens with zero attached hydrogens (tertiary/aromatic N) is 3. The Bertz CT molecular complexity index is 1050. The fourth-order valence-electron chi connectivity index (χ4n) is 3.48. The predicted octanol–water partition coefficient (Wildman–Crippen LogP) is 3.73. The van der Waals surface area contributed by atoms with Gasteiger partial charge in [-0.15, -0.1) is 0 Å². The molecular weight excluding hydrogens is 346 g/mol. The molecule has 26 heavy (non-hydrogen) atoms. The largest absolute Gasteiger partial charge is 0.306 e. The van der Waals surface area contributed by atoms with Crippen LogP contribution in [0.2, 0.25) is 0 Å². The maximum absolute atomic E-state index is 13.0. The van der Waals surface area contributed by atoms with Crippen molar-refractivity contribution in [1.29, 1.82) is 0 Å². The minimum absolute atomic E-state index is 0.346. The fraction of sp³-hybridized carbons (Fsp3) is 0.350. The first kappa shape index (κ1) is 17.2. The smallest absolute Gasteiger partial charge is 0.243 e. The lowest BCUT2D eigenvalue weighted by atomic mass is 10.0. The maximum Gasteiger partial charge on any atom is 0.243 e. The Hall–Kier alpha value is -2.18. The third kappa shape index (κ3) is 3.04. The molecule has 0 atom stereocenters. The molecule has 0 unspecified atom stereocenters. The fourth-order valence-corrected chi connectivity index (χ4v) is 5.00. The van der Waals surface area contributed by atoms with Gasteiger partial charge in [0.2, 0.25) is 10.0 Å². The van der Waals surface area contributed by atoms with Gasteiger partial charge in [0, 0.05) is 31.0 Å². The Kier molecular flexibility index (Phi) is 4.32. The molecule has 1 fully saturated rings. The van der Waals surface area contributed by atoms with E-state index < -0.39 is 10.0 Å². The predicted molar refractivity (Wildman–Crippen MR) is 103 cm³/mol. The lowest BCUT2D eigenvalue weighted by Crippen LogP contribution is -2.37. The number of sulfonamides is 1. The van der Waals surface area contributed by atoms with Crippen molar-refractivity contribution in [1.82, 2.24) is 13.7 Å². The molecule has 5 nitrogen and oxygen atoms in total. The highest BCUT2D eigenvalue weighted by atomic mass is 32.2. The molecule has 0 spiro atoms. The van der Waals surface area contributed by atoms with Crippen molar-refractivity contribution in [3.8, 4) is 11.3 Å². The molecule has 3 heterocycles. The monoisotopic (exact) mass is 369 g/mol. The molecule has 6 heteroatoms. The topological polar surface area (TPSA) is 54.7 Å². The number of benzene rings is 1. The van der Waals surface area contributed by atoms with Gasteiger partial charge in [-0.25, -0.2) is 13.4 Å². The second-order valence-electron chi connectivity index (χ2n) is 7.16. The minimum atomic E-state index is -3.46. The molecule has 1 aromatic carbocycles. The van der Waals surface area contributed by atoms with Crippen LogP contribution >= 0.6 is 0 Å². The molecule has 0 N–H and O–H groups in total. The first-order valence-electron chi connectivity index (χ1n) is 9.00. The van der Waals surface area contributed by atoms with Crippen LogP contribution in [0.15, 0.2) is 53.7 Å². The summed E-state index contributed by atoms with van der Waals surface area (Å²) in [6.07, 6.45) is 5.74. The second kappa shape index (κ2) is 6.52. The molecule has 1 saturated heterocycles. The van der Waals surface area contributed by atoms with Gasteiger partial charge in [0.05, 0.1) is 10.6 Å². The molecule has 1 aliphatic rings. The summed E-state index contributed by atoms with van der Waals surface area (Å²) in [7, 11) is -3.46. The summed E-state index contributed by atoms with van der Waals surface area (Å²) in [6, 6.07) is 11.1. The van der Waals surface area contributed by atoms with Gasteiger partial charge in [-0.3, -0.25) is 0 Å². The summed E-state index contributed by atoms with van der Waals surface area (Å²) >= 11 is 0. The highest BCUT2D eigenvalue weighted by Crippen LogP contribution is 2.27. The van der Waals surface area contributed by atoms with Crippen molar-refractivity contribution in [2.45, 2.75) is 31.6 Å². The van der Waals surface area contributed by atoms with Gasteiger partial charge in [0.15, 0.2) is 0 Å². The minimum Gasteiger partial charge on any atom is -0.306 e. The maximum atomic E-state index is 13.0. The van der Waals surface area contributed by atoms with E-state index >= 15 is 0 Å². The van der Waals surface area contributed by atoms with E-state index in [4.69, 9.17) is 0 Å². The van der Waals surface area contributed by atoms with Crippen LogP contribution in [0.1, 0.15) is 25.3 Å². The van der Waals surface area contributed by atoms with Gasteiger partial charge in [-0.2, -0.15) is 4.31 Å². The van der Waals surface area contributed by atoms with Crippen molar-refractivity contribution < 1.29 is 8.42 Å². The van der Waals surface area contributed by atoms with Crippen LogP contribution in [0.4, 0.5) is 0 Å². The zero-order valence-corrected chi connectivity index (χ0v) is 15.9. The summed E-state index contributed by atoms with van der Waals surface area (Å²) in [6.45, 7) is 5.39. The summed E-state index contributed by atoms with van der Waals surface area (Å²) in [5.74, 6) is 0.592. The highest BCUT2D eigenvalue weighted by Gasteiger charge is 2.28. The average molecular weight is 369 g/mol. The number of aromatic nitrogens is 2. The zero-order valence-electron chi connectivity index (χ0n) is 15.1. The van der Waals surface area contributed by atoms with E-state index in [1.165, 1.54) is 0 Å². The van der Waals surface area contributed by atoms with Crippen LogP contribution in [-0.4, -0.2) is 35.2 Å². The van der Waals surface area contributed by atoms with Gasteiger partial charge in [-0.1, -0.05) is 25.1 Å². The molecule has 0 saturated carbocycles. The van der Waals surface area contributed by atoms with E-state index in [0.717, 1.165) is 35.3 Å². The van der Waals surface area contributed by atoms with Crippen LogP contribution < -0.4 is 0 Å². The number of rotatable bonds is 3. The third-order valence-electron chi connectivity index (χ3n) is 5.19. The Labute approximate surface area is 154 Å². The van der Waals surface area contributed by atoms with Crippen LogP contribution in [-0.2, 0) is 10.0 Å². The standard InChI is InChI=1S/C20H23N3O2S/c1-15-8-11-23(12-9-15)26(24,25)18-7-3-6-17(13-18)19-14-22-10-4-5-16(2)20(22)21-19/h3-7,10,13-15H,8-9,11-12H2,1-2H3. The SMILES string of the molecule is Cc1cccn2cc(-c3cccc(S(=O)(=O)N4CCC(C)CC4)c3)nc12. The zero-order chi connectivity index (χ0) is 18.3. The Balaban J connectivity index is 1.71. The summed E-state index contributed by atoms with van der Waals surface area (Å²) < 4.78 is 29.6. The lowest BCUT2D eigenvalue weighted by Gasteiger charge is -2.29. The van der Waals surface area contributed by atoms with E-state index in [9.17, 15) is 8.42 Å². The number of fused-ring (bicyclic) bond motifs is 1. The van der Waals surface area contributed by atoms with Crippen molar-refractivity contribution in [3.63, 3.8) is 0 Å². The van der Waals surface area contributed by atoms with E-state index in [1.807, 2.05) is 41.9 Å². The molecule has 4 rings (SSSR count). The number of hydrogen-bond acceptors (Lipinski definition) is 3. The number of aryl methyl sites for hydroxylation is 1. The van der Waals surface area contributed by atoms with Gasteiger partial charge >= 0.3 is 0 Å². The van der Waals surface area contributed by atoms with Gasteiger partial charge in [0.1, 0.15) is 5.65 Å². The number of imidazole rings is 1. The number of pyridine rings is 1.